The average molecular weight is 242 g/mol. The van der Waals surface area contributed by atoms with Crippen LogP contribution in [0.3, 0.4) is 0 Å². The molecule has 0 radical (unpaired) electrons. The van der Waals surface area contributed by atoms with Gasteiger partial charge in [0.25, 0.3) is 0 Å². The third-order valence-corrected chi connectivity index (χ3v) is 2.02. The number of ether oxygens (including phenoxy) is 1. The minimum atomic E-state index is -1.39. The molecule has 0 unspecified atom stereocenters. The molecule has 1 amide bonds. The highest BCUT2D eigenvalue weighted by molar-refractivity contribution is 5.90. The molecule has 17 heavy (non-hydrogen) atoms. The monoisotopic (exact) mass is 242 g/mol. The van der Waals surface area contributed by atoms with E-state index in [1.807, 2.05) is 20.8 Å². The van der Waals surface area contributed by atoms with Crippen LogP contribution in [0.4, 0.5) is 4.79 Å². The Kier molecular flexibility index (Phi) is 5.50. The second kappa shape index (κ2) is 6.12. The lowest BCUT2D eigenvalue weighted by molar-refractivity contribution is -0.137. The number of carbonyl (C=O) groups is 2. The SMILES string of the molecule is CCC(N=NC(=O)O)=C(C(=O)OC)C(C)(C)C. The van der Waals surface area contributed by atoms with Gasteiger partial charge in [-0.15, -0.1) is 5.11 Å². The molecule has 0 aromatic heterocycles. The van der Waals surface area contributed by atoms with E-state index in [9.17, 15) is 9.59 Å². The minimum absolute atomic E-state index is 0.326. The maximum absolute atomic E-state index is 11.7. The van der Waals surface area contributed by atoms with Crippen molar-refractivity contribution in [2.75, 3.05) is 7.11 Å². The molecule has 0 spiro atoms. The normalized spacial score (nSPS) is 13.5. The van der Waals surface area contributed by atoms with Crippen LogP contribution in [0.5, 0.6) is 0 Å². The van der Waals surface area contributed by atoms with E-state index in [2.05, 4.69) is 15.0 Å². The van der Waals surface area contributed by atoms with Gasteiger partial charge in [-0.3, -0.25) is 0 Å². The van der Waals surface area contributed by atoms with Gasteiger partial charge in [-0.2, -0.15) is 0 Å². The van der Waals surface area contributed by atoms with Crippen LogP contribution >= 0.6 is 0 Å². The van der Waals surface area contributed by atoms with Crippen LogP contribution in [0.1, 0.15) is 34.1 Å². The zero-order chi connectivity index (χ0) is 13.6. The molecule has 0 aromatic carbocycles. The first-order valence-corrected chi connectivity index (χ1v) is 5.20. The number of hydrogen-bond donors (Lipinski definition) is 1. The Morgan fingerprint density at radius 3 is 2.06 bits per heavy atom. The lowest BCUT2D eigenvalue weighted by atomic mass is 9.84. The van der Waals surface area contributed by atoms with E-state index in [4.69, 9.17) is 5.11 Å². The number of nitrogens with zero attached hydrogens (tertiary/aromatic N) is 2. The van der Waals surface area contributed by atoms with Crippen molar-refractivity contribution >= 4 is 12.1 Å². The summed E-state index contributed by atoms with van der Waals surface area (Å²) in [6.45, 7) is 7.24. The number of azo groups is 1. The van der Waals surface area contributed by atoms with E-state index in [-0.39, 0.29) is 0 Å². The number of carboxylic acid groups (broad SMARTS) is 1. The number of allylic oxidation sites excluding steroid dienone is 1. The molecule has 6 heteroatoms. The fourth-order valence-electron chi connectivity index (χ4n) is 1.36. The molecule has 1 N–H and O–H groups in total. The molecule has 96 valence electrons. The number of carbonyl (C=O) groups excluding carboxylic acids is 1. The van der Waals surface area contributed by atoms with Crippen LogP contribution in [-0.2, 0) is 9.53 Å². The van der Waals surface area contributed by atoms with Crippen molar-refractivity contribution in [2.24, 2.45) is 15.6 Å². The Balaban J connectivity index is 5.62. The molecule has 0 fully saturated rings. The van der Waals surface area contributed by atoms with Gasteiger partial charge in [-0.25, -0.2) is 9.59 Å². The van der Waals surface area contributed by atoms with Crippen LogP contribution in [0.2, 0.25) is 0 Å². The molecule has 0 aliphatic carbocycles. The fraction of sp³-hybridized carbons (Fsp3) is 0.636. The highest BCUT2D eigenvalue weighted by atomic mass is 16.5. The predicted octanol–water partition coefficient (Wildman–Crippen LogP) is 3.00. The van der Waals surface area contributed by atoms with Crippen molar-refractivity contribution in [1.29, 1.82) is 0 Å². The highest BCUT2D eigenvalue weighted by Crippen LogP contribution is 2.31. The van der Waals surface area contributed by atoms with Crippen LogP contribution in [0, 0.1) is 5.41 Å². The van der Waals surface area contributed by atoms with Crippen molar-refractivity contribution in [1.82, 2.24) is 0 Å². The van der Waals surface area contributed by atoms with E-state index in [1.165, 1.54) is 7.11 Å². The Labute approximate surface area is 100 Å². The van der Waals surface area contributed by atoms with Gasteiger partial charge in [0.2, 0.25) is 0 Å². The van der Waals surface area contributed by atoms with Crippen LogP contribution < -0.4 is 0 Å². The smallest absolute Gasteiger partial charge is 0.449 e. The van der Waals surface area contributed by atoms with Crippen molar-refractivity contribution in [3.05, 3.63) is 11.3 Å². The number of hydrogen-bond acceptors (Lipinski definition) is 4. The molecule has 0 saturated carbocycles. The summed E-state index contributed by atoms with van der Waals surface area (Å²) >= 11 is 0. The van der Waals surface area contributed by atoms with Crippen LogP contribution in [-0.4, -0.2) is 24.3 Å². The van der Waals surface area contributed by atoms with Crippen LogP contribution in [0.25, 0.3) is 0 Å². The highest BCUT2D eigenvalue weighted by Gasteiger charge is 2.28. The summed E-state index contributed by atoms with van der Waals surface area (Å²) in [5.41, 5.74) is 0.176. The minimum Gasteiger partial charge on any atom is -0.466 e. The summed E-state index contributed by atoms with van der Waals surface area (Å²) in [4.78, 5) is 22.0. The lowest BCUT2D eigenvalue weighted by Gasteiger charge is -2.22. The van der Waals surface area contributed by atoms with Gasteiger partial charge >= 0.3 is 12.1 Å². The first-order chi connectivity index (χ1) is 7.73. The Bertz CT molecular complexity index is 364. The molecular weight excluding hydrogens is 224 g/mol. The maximum Gasteiger partial charge on any atom is 0.449 e. The zero-order valence-electron chi connectivity index (χ0n) is 10.8. The molecule has 0 aliphatic heterocycles. The molecule has 0 bridgehead atoms. The van der Waals surface area contributed by atoms with Gasteiger partial charge in [0.15, 0.2) is 0 Å². The number of amides is 1. The van der Waals surface area contributed by atoms with E-state index < -0.39 is 17.5 Å². The second-order valence-corrected chi connectivity index (χ2v) is 4.40. The molecule has 0 heterocycles. The lowest BCUT2D eigenvalue weighted by Crippen LogP contribution is -2.21. The number of rotatable bonds is 3. The van der Waals surface area contributed by atoms with E-state index in [0.29, 0.717) is 17.7 Å². The van der Waals surface area contributed by atoms with Gasteiger partial charge in [-0.1, -0.05) is 32.8 Å². The number of methoxy groups -OCH3 is 1. The van der Waals surface area contributed by atoms with Gasteiger partial charge < -0.3 is 9.84 Å². The van der Waals surface area contributed by atoms with Gasteiger partial charge in [0, 0.05) is 0 Å². The summed E-state index contributed by atoms with van der Waals surface area (Å²) in [7, 11) is 1.27. The van der Waals surface area contributed by atoms with Crippen LogP contribution in [0.15, 0.2) is 21.5 Å². The molecule has 6 nitrogen and oxygen atoms in total. The van der Waals surface area contributed by atoms with Gasteiger partial charge in [-0.05, 0) is 11.8 Å². The average Bonchev–Trinajstić information content (AvgIpc) is 2.20. The quantitative estimate of drug-likeness (QED) is 0.468. The van der Waals surface area contributed by atoms with Gasteiger partial charge in [0.1, 0.15) is 0 Å². The van der Waals surface area contributed by atoms with Crippen molar-refractivity contribution in [3.8, 4) is 0 Å². The molecule has 0 aliphatic rings. The topological polar surface area (TPSA) is 88.3 Å². The first kappa shape index (κ1) is 15.3. The van der Waals surface area contributed by atoms with E-state index in [0.717, 1.165) is 0 Å². The second-order valence-electron chi connectivity index (χ2n) is 4.40. The molecule has 0 rings (SSSR count). The molecule has 0 aromatic rings. The van der Waals surface area contributed by atoms with E-state index >= 15 is 0 Å². The van der Waals surface area contributed by atoms with Crippen molar-refractivity contribution < 1.29 is 19.4 Å². The number of esters is 1. The van der Waals surface area contributed by atoms with Gasteiger partial charge in [0.05, 0.1) is 18.4 Å². The Morgan fingerprint density at radius 1 is 1.24 bits per heavy atom. The van der Waals surface area contributed by atoms with Crippen molar-refractivity contribution in [3.63, 3.8) is 0 Å². The third kappa shape index (κ3) is 4.76. The molecule has 0 atom stereocenters. The zero-order valence-corrected chi connectivity index (χ0v) is 10.8. The Hall–Kier alpha value is -1.72. The summed E-state index contributed by atoms with van der Waals surface area (Å²) in [5.74, 6) is -0.515. The first-order valence-electron chi connectivity index (χ1n) is 5.20. The fourth-order valence-corrected chi connectivity index (χ4v) is 1.36. The third-order valence-electron chi connectivity index (χ3n) is 2.02. The molecular formula is C11H18N2O4. The van der Waals surface area contributed by atoms with Crippen molar-refractivity contribution in [2.45, 2.75) is 34.1 Å². The summed E-state index contributed by atoms with van der Waals surface area (Å²) in [5, 5.41) is 15.0. The standard InChI is InChI=1S/C11H18N2O4/c1-6-7(12-13-10(15)16)8(9(14)17-5)11(2,3)4/h6H2,1-5H3,(H,15,16). The summed E-state index contributed by atoms with van der Waals surface area (Å²) < 4.78 is 4.68. The van der Waals surface area contributed by atoms with E-state index in [1.54, 1.807) is 6.92 Å². The predicted molar refractivity (Wildman–Crippen MR) is 61.7 cm³/mol. The Morgan fingerprint density at radius 2 is 1.76 bits per heavy atom. The maximum atomic E-state index is 11.7. The largest absolute Gasteiger partial charge is 0.466 e. The summed E-state index contributed by atoms with van der Waals surface area (Å²) in [6, 6.07) is 0. The summed E-state index contributed by atoms with van der Waals surface area (Å²) in [6.07, 6.45) is -0.993. The molecule has 0 saturated heterocycles.